The van der Waals surface area contributed by atoms with Crippen LogP contribution in [-0.4, -0.2) is 43.0 Å². The summed E-state index contributed by atoms with van der Waals surface area (Å²) < 4.78 is 5.46. The molecule has 2 fully saturated rings. The molecule has 2 aliphatic rings. The second kappa shape index (κ2) is 4.87. The first-order valence-corrected chi connectivity index (χ1v) is 7.14. The normalized spacial score (nSPS) is 32.3. The van der Waals surface area contributed by atoms with Gasteiger partial charge in [0.15, 0.2) is 5.22 Å². The lowest BCUT2D eigenvalue weighted by atomic mass is 9.91. The van der Waals surface area contributed by atoms with E-state index in [1.807, 2.05) is 12.1 Å². The summed E-state index contributed by atoms with van der Waals surface area (Å²) in [6.45, 7) is 3.29. The lowest BCUT2D eigenvalue weighted by molar-refractivity contribution is 0.0675. The van der Waals surface area contributed by atoms with Crippen LogP contribution in [0.25, 0.3) is 0 Å². The quantitative estimate of drug-likeness (QED) is 0.840. The highest BCUT2D eigenvalue weighted by molar-refractivity contribution is 6.28. The minimum absolute atomic E-state index is 0.496. The van der Waals surface area contributed by atoms with Gasteiger partial charge in [-0.3, -0.25) is 4.90 Å². The summed E-state index contributed by atoms with van der Waals surface area (Å²) in [7, 11) is 4.44. The Morgan fingerprint density at radius 1 is 1.28 bits per heavy atom. The minimum Gasteiger partial charge on any atom is -0.448 e. The van der Waals surface area contributed by atoms with Crippen molar-refractivity contribution in [2.24, 2.45) is 11.8 Å². The van der Waals surface area contributed by atoms with E-state index in [1.165, 1.54) is 25.9 Å². The third kappa shape index (κ3) is 2.31. The summed E-state index contributed by atoms with van der Waals surface area (Å²) in [5.41, 5.74) is 0. The summed E-state index contributed by atoms with van der Waals surface area (Å²) >= 11 is 5.82. The fourth-order valence-electron chi connectivity index (χ4n) is 3.92. The highest BCUT2D eigenvalue weighted by Gasteiger charge is 2.42. The van der Waals surface area contributed by atoms with Crippen LogP contribution >= 0.6 is 11.6 Å². The molecule has 1 aromatic heterocycles. The maximum absolute atomic E-state index is 5.82. The van der Waals surface area contributed by atoms with Crippen molar-refractivity contribution in [3.8, 4) is 0 Å². The standard InChI is InChI=1S/C14H21ClN2O/c1-16(2)14-10-3-4-11(14)8-17(7-10)9-12-5-6-13(15)18-12/h5-6,10-11,14H,3-4,7-9H2,1-2H3/t10-,11+,14?. The van der Waals surface area contributed by atoms with Crippen LogP contribution < -0.4 is 0 Å². The lowest BCUT2D eigenvalue weighted by Crippen LogP contribution is -2.50. The first kappa shape index (κ1) is 12.5. The van der Waals surface area contributed by atoms with E-state index in [1.54, 1.807) is 0 Å². The van der Waals surface area contributed by atoms with E-state index < -0.39 is 0 Å². The number of halogens is 1. The van der Waals surface area contributed by atoms with Gasteiger partial charge in [-0.05, 0) is 62.5 Å². The summed E-state index contributed by atoms with van der Waals surface area (Å²) in [6.07, 6.45) is 2.76. The zero-order chi connectivity index (χ0) is 12.7. The Balaban J connectivity index is 1.65. The van der Waals surface area contributed by atoms with E-state index >= 15 is 0 Å². The Morgan fingerprint density at radius 2 is 1.94 bits per heavy atom. The highest BCUT2D eigenvalue weighted by Crippen LogP contribution is 2.39. The van der Waals surface area contributed by atoms with Gasteiger partial charge >= 0.3 is 0 Å². The number of likely N-dealkylation sites (tertiary alicyclic amines) is 1. The molecule has 100 valence electrons. The predicted octanol–water partition coefficient (Wildman–Crippen LogP) is 2.71. The van der Waals surface area contributed by atoms with Crippen molar-refractivity contribution in [1.29, 1.82) is 0 Å². The van der Waals surface area contributed by atoms with Crippen molar-refractivity contribution in [2.45, 2.75) is 25.4 Å². The second-order valence-corrected chi connectivity index (χ2v) is 6.32. The average molecular weight is 269 g/mol. The van der Waals surface area contributed by atoms with Crippen molar-refractivity contribution in [2.75, 3.05) is 27.2 Å². The first-order chi connectivity index (χ1) is 8.63. The monoisotopic (exact) mass is 268 g/mol. The van der Waals surface area contributed by atoms with Crippen LogP contribution in [0.3, 0.4) is 0 Å². The molecule has 0 N–H and O–H groups in total. The molecule has 1 aromatic rings. The van der Waals surface area contributed by atoms with Crippen molar-refractivity contribution in [3.05, 3.63) is 23.1 Å². The molecule has 3 atom stereocenters. The number of hydrogen-bond acceptors (Lipinski definition) is 3. The van der Waals surface area contributed by atoms with Gasteiger partial charge in [0.25, 0.3) is 0 Å². The van der Waals surface area contributed by atoms with Gasteiger partial charge in [0.2, 0.25) is 0 Å². The third-order valence-electron chi connectivity index (χ3n) is 4.46. The maximum Gasteiger partial charge on any atom is 0.193 e. The smallest absolute Gasteiger partial charge is 0.193 e. The van der Waals surface area contributed by atoms with Crippen molar-refractivity contribution in [3.63, 3.8) is 0 Å². The van der Waals surface area contributed by atoms with Crippen LogP contribution in [0.5, 0.6) is 0 Å². The average Bonchev–Trinajstić information content (AvgIpc) is 2.81. The molecule has 18 heavy (non-hydrogen) atoms. The molecular formula is C14H21ClN2O. The van der Waals surface area contributed by atoms with Crippen molar-refractivity contribution < 1.29 is 4.42 Å². The Kier molecular flexibility index (Phi) is 3.39. The van der Waals surface area contributed by atoms with Crippen LogP contribution in [0, 0.1) is 11.8 Å². The largest absolute Gasteiger partial charge is 0.448 e. The summed E-state index contributed by atoms with van der Waals surface area (Å²) in [6, 6.07) is 4.60. The number of hydrogen-bond donors (Lipinski definition) is 0. The minimum atomic E-state index is 0.496. The lowest BCUT2D eigenvalue weighted by Gasteiger charge is -2.40. The van der Waals surface area contributed by atoms with Crippen LogP contribution in [0.4, 0.5) is 0 Å². The molecule has 0 amide bonds. The fourth-order valence-corrected chi connectivity index (χ4v) is 4.08. The van der Waals surface area contributed by atoms with Crippen LogP contribution in [-0.2, 0) is 6.54 Å². The Morgan fingerprint density at radius 3 is 2.44 bits per heavy atom. The fraction of sp³-hybridized carbons (Fsp3) is 0.714. The number of piperidine rings is 1. The molecule has 4 heteroatoms. The van der Waals surface area contributed by atoms with Gasteiger partial charge < -0.3 is 9.32 Å². The van der Waals surface area contributed by atoms with E-state index in [0.29, 0.717) is 5.22 Å². The highest BCUT2D eigenvalue weighted by atomic mass is 35.5. The van der Waals surface area contributed by atoms with Gasteiger partial charge in [0, 0.05) is 19.1 Å². The molecule has 3 nitrogen and oxygen atoms in total. The number of fused-ring (bicyclic) bond motifs is 2. The van der Waals surface area contributed by atoms with Gasteiger partial charge in [-0.15, -0.1) is 0 Å². The zero-order valence-corrected chi connectivity index (χ0v) is 11.9. The molecular weight excluding hydrogens is 248 g/mol. The Hall–Kier alpha value is -0.510. The van der Waals surface area contributed by atoms with Crippen LogP contribution in [0.15, 0.2) is 16.5 Å². The van der Waals surface area contributed by atoms with Gasteiger partial charge in [-0.2, -0.15) is 0 Å². The van der Waals surface area contributed by atoms with E-state index in [4.69, 9.17) is 16.0 Å². The molecule has 0 radical (unpaired) electrons. The predicted molar refractivity (Wildman–Crippen MR) is 72.7 cm³/mol. The second-order valence-electron chi connectivity index (χ2n) is 5.95. The summed E-state index contributed by atoms with van der Waals surface area (Å²) in [4.78, 5) is 4.95. The number of nitrogens with zero attached hydrogens (tertiary/aromatic N) is 2. The summed E-state index contributed by atoms with van der Waals surface area (Å²) in [5.74, 6) is 2.64. The molecule has 1 aliphatic heterocycles. The van der Waals surface area contributed by atoms with E-state index in [2.05, 4.69) is 23.9 Å². The van der Waals surface area contributed by atoms with Gasteiger partial charge in [0.1, 0.15) is 5.76 Å². The SMILES string of the molecule is CN(C)C1[C@@H]2CC[C@H]1CN(Cc1ccc(Cl)o1)C2. The third-order valence-corrected chi connectivity index (χ3v) is 4.67. The molecule has 0 spiro atoms. The van der Waals surface area contributed by atoms with Gasteiger partial charge in [-0.1, -0.05) is 0 Å². The molecule has 2 bridgehead atoms. The molecule has 3 rings (SSSR count). The van der Waals surface area contributed by atoms with Crippen molar-refractivity contribution >= 4 is 11.6 Å². The van der Waals surface area contributed by atoms with Crippen molar-refractivity contribution in [1.82, 2.24) is 9.80 Å². The first-order valence-electron chi connectivity index (χ1n) is 6.76. The molecule has 1 unspecified atom stereocenters. The molecule has 1 aliphatic carbocycles. The number of rotatable bonds is 3. The maximum atomic E-state index is 5.82. The summed E-state index contributed by atoms with van der Waals surface area (Å²) in [5, 5.41) is 0.496. The van der Waals surface area contributed by atoms with Gasteiger partial charge in [-0.25, -0.2) is 0 Å². The Bertz CT molecular complexity index is 404. The molecule has 2 heterocycles. The van der Waals surface area contributed by atoms with E-state index in [0.717, 1.165) is 30.2 Å². The van der Waals surface area contributed by atoms with E-state index in [9.17, 15) is 0 Å². The van der Waals surface area contributed by atoms with Gasteiger partial charge in [0.05, 0.1) is 6.54 Å². The molecule has 1 saturated carbocycles. The molecule has 1 saturated heterocycles. The Labute approximate surface area is 114 Å². The van der Waals surface area contributed by atoms with E-state index in [-0.39, 0.29) is 0 Å². The number of furan rings is 1. The zero-order valence-electron chi connectivity index (χ0n) is 11.1. The van der Waals surface area contributed by atoms with Crippen LogP contribution in [0.1, 0.15) is 18.6 Å². The topological polar surface area (TPSA) is 19.6 Å². The molecule has 0 aromatic carbocycles. The van der Waals surface area contributed by atoms with Crippen LogP contribution in [0.2, 0.25) is 5.22 Å².